The summed E-state index contributed by atoms with van der Waals surface area (Å²) in [6.45, 7) is 6.00. The number of amides is 1. The van der Waals surface area contributed by atoms with Gasteiger partial charge in [0.05, 0.1) is 12.1 Å². The lowest BCUT2D eigenvalue weighted by Gasteiger charge is -2.19. The predicted molar refractivity (Wildman–Crippen MR) is 75.4 cm³/mol. The van der Waals surface area contributed by atoms with Gasteiger partial charge in [0.25, 0.3) is 0 Å². The van der Waals surface area contributed by atoms with Gasteiger partial charge in [0.2, 0.25) is 5.91 Å². The van der Waals surface area contributed by atoms with E-state index in [9.17, 15) is 4.79 Å². The number of carbonyl (C=O) groups excluding carboxylic acids is 1. The van der Waals surface area contributed by atoms with Gasteiger partial charge in [-0.1, -0.05) is 43.6 Å². The Labute approximate surface area is 114 Å². The highest BCUT2D eigenvalue weighted by Crippen LogP contribution is 2.22. The van der Waals surface area contributed by atoms with Gasteiger partial charge >= 0.3 is 0 Å². The number of hydrogen-bond donors (Lipinski definition) is 2. The molecule has 0 heterocycles. The maximum Gasteiger partial charge on any atom is 0.237 e. The van der Waals surface area contributed by atoms with Crippen LogP contribution in [0.25, 0.3) is 0 Å². The molecule has 1 aromatic rings. The molecule has 0 saturated carbocycles. The molecule has 100 valence electrons. The molecular weight excluding hydrogens is 248 g/mol. The topological polar surface area (TPSA) is 55.1 Å². The second-order valence-electron chi connectivity index (χ2n) is 4.99. The summed E-state index contributed by atoms with van der Waals surface area (Å²) in [4.78, 5) is 11.9. The van der Waals surface area contributed by atoms with Crippen LogP contribution in [0.5, 0.6) is 0 Å². The van der Waals surface area contributed by atoms with E-state index in [1.54, 1.807) is 0 Å². The zero-order valence-electron chi connectivity index (χ0n) is 11.1. The largest absolute Gasteiger partial charge is 0.348 e. The Morgan fingerprint density at radius 2 is 1.94 bits per heavy atom. The zero-order valence-corrected chi connectivity index (χ0v) is 11.9. The summed E-state index contributed by atoms with van der Waals surface area (Å²) in [6, 6.07) is 6.89. The fourth-order valence-electron chi connectivity index (χ4n) is 1.84. The van der Waals surface area contributed by atoms with Crippen LogP contribution >= 0.6 is 11.6 Å². The van der Waals surface area contributed by atoms with Gasteiger partial charge in [0.15, 0.2) is 0 Å². The lowest BCUT2D eigenvalue weighted by molar-refractivity contribution is -0.123. The van der Waals surface area contributed by atoms with E-state index in [1.807, 2.05) is 45.0 Å². The van der Waals surface area contributed by atoms with Crippen molar-refractivity contribution in [3.8, 4) is 0 Å². The van der Waals surface area contributed by atoms with E-state index in [-0.39, 0.29) is 11.9 Å². The number of nitrogens with two attached hydrogens (primary N) is 1. The van der Waals surface area contributed by atoms with Gasteiger partial charge in [0.1, 0.15) is 0 Å². The van der Waals surface area contributed by atoms with E-state index in [0.717, 1.165) is 5.56 Å². The summed E-state index contributed by atoms with van der Waals surface area (Å²) in [5, 5.41) is 3.55. The third-order valence-electron chi connectivity index (χ3n) is 2.79. The minimum absolute atomic E-state index is 0.129. The third-order valence-corrected chi connectivity index (χ3v) is 3.14. The van der Waals surface area contributed by atoms with Crippen molar-refractivity contribution in [3.05, 3.63) is 34.9 Å². The SMILES string of the molecule is CC(C)C[C@H](N)C(=O)NC(C)c1ccccc1Cl. The molecule has 4 heteroatoms. The first-order valence-electron chi connectivity index (χ1n) is 6.22. The Morgan fingerprint density at radius 1 is 1.33 bits per heavy atom. The van der Waals surface area contributed by atoms with Crippen molar-refractivity contribution in [2.45, 2.75) is 39.3 Å². The second kappa shape index (κ2) is 6.76. The normalized spacial score (nSPS) is 14.3. The van der Waals surface area contributed by atoms with Crippen LogP contribution < -0.4 is 11.1 Å². The average Bonchev–Trinajstić information content (AvgIpc) is 2.28. The molecule has 0 spiro atoms. The van der Waals surface area contributed by atoms with Gasteiger partial charge in [-0.3, -0.25) is 4.79 Å². The molecule has 3 N–H and O–H groups in total. The molecule has 1 unspecified atom stereocenters. The van der Waals surface area contributed by atoms with Crippen molar-refractivity contribution >= 4 is 17.5 Å². The molecule has 18 heavy (non-hydrogen) atoms. The number of rotatable bonds is 5. The van der Waals surface area contributed by atoms with Gasteiger partial charge in [-0.15, -0.1) is 0 Å². The van der Waals surface area contributed by atoms with Crippen LogP contribution in [0.15, 0.2) is 24.3 Å². The molecule has 3 nitrogen and oxygen atoms in total. The molecule has 1 aromatic carbocycles. The van der Waals surface area contributed by atoms with E-state index < -0.39 is 6.04 Å². The minimum Gasteiger partial charge on any atom is -0.348 e. The summed E-state index contributed by atoms with van der Waals surface area (Å²) < 4.78 is 0. The molecule has 0 radical (unpaired) electrons. The van der Waals surface area contributed by atoms with Gasteiger partial charge in [-0.25, -0.2) is 0 Å². The van der Waals surface area contributed by atoms with Crippen molar-refractivity contribution in [2.75, 3.05) is 0 Å². The first kappa shape index (κ1) is 15.0. The highest BCUT2D eigenvalue weighted by atomic mass is 35.5. The van der Waals surface area contributed by atoms with E-state index in [4.69, 9.17) is 17.3 Å². The van der Waals surface area contributed by atoms with Gasteiger partial charge in [-0.05, 0) is 30.9 Å². The number of benzene rings is 1. The maximum absolute atomic E-state index is 11.9. The molecule has 0 aliphatic carbocycles. The zero-order chi connectivity index (χ0) is 13.7. The van der Waals surface area contributed by atoms with Crippen LogP contribution in [-0.4, -0.2) is 11.9 Å². The lowest BCUT2D eigenvalue weighted by Crippen LogP contribution is -2.42. The highest BCUT2D eigenvalue weighted by Gasteiger charge is 2.18. The quantitative estimate of drug-likeness (QED) is 0.863. The third kappa shape index (κ3) is 4.31. The smallest absolute Gasteiger partial charge is 0.237 e. The Morgan fingerprint density at radius 3 is 2.50 bits per heavy atom. The Bertz CT molecular complexity index is 407. The number of nitrogens with one attached hydrogen (secondary N) is 1. The van der Waals surface area contributed by atoms with Crippen LogP contribution in [0.4, 0.5) is 0 Å². The number of hydrogen-bond acceptors (Lipinski definition) is 2. The fraction of sp³-hybridized carbons (Fsp3) is 0.500. The Balaban J connectivity index is 2.62. The van der Waals surface area contributed by atoms with Crippen molar-refractivity contribution in [1.29, 1.82) is 0 Å². The summed E-state index contributed by atoms with van der Waals surface area (Å²) in [5.41, 5.74) is 6.74. The van der Waals surface area contributed by atoms with Crippen molar-refractivity contribution in [2.24, 2.45) is 11.7 Å². The molecule has 0 fully saturated rings. The highest BCUT2D eigenvalue weighted by molar-refractivity contribution is 6.31. The van der Waals surface area contributed by atoms with Gasteiger partial charge in [0, 0.05) is 5.02 Å². The molecule has 1 rings (SSSR count). The molecule has 0 aliphatic rings. The molecule has 0 aromatic heterocycles. The summed E-state index contributed by atoms with van der Waals surface area (Å²) in [6.07, 6.45) is 0.682. The minimum atomic E-state index is -0.463. The van der Waals surface area contributed by atoms with Crippen LogP contribution in [0.3, 0.4) is 0 Å². The summed E-state index contributed by atoms with van der Waals surface area (Å²) in [7, 11) is 0. The lowest BCUT2D eigenvalue weighted by atomic mass is 10.0. The van der Waals surface area contributed by atoms with E-state index in [0.29, 0.717) is 17.4 Å². The maximum atomic E-state index is 11.9. The van der Waals surface area contributed by atoms with Crippen LogP contribution in [-0.2, 0) is 4.79 Å². The van der Waals surface area contributed by atoms with E-state index in [1.165, 1.54) is 0 Å². The molecule has 1 amide bonds. The fourth-order valence-corrected chi connectivity index (χ4v) is 2.14. The van der Waals surface area contributed by atoms with Gasteiger partial charge < -0.3 is 11.1 Å². The Kier molecular flexibility index (Phi) is 5.63. The monoisotopic (exact) mass is 268 g/mol. The van der Waals surface area contributed by atoms with Crippen LogP contribution in [0.2, 0.25) is 5.02 Å². The van der Waals surface area contributed by atoms with Crippen LogP contribution in [0, 0.1) is 5.92 Å². The van der Waals surface area contributed by atoms with Gasteiger partial charge in [-0.2, -0.15) is 0 Å². The molecule has 0 bridgehead atoms. The molecule has 0 saturated heterocycles. The Hall–Kier alpha value is -1.06. The first-order valence-corrected chi connectivity index (χ1v) is 6.60. The average molecular weight is 269 g/mol. The van der Waals surface area contributed by atoms with E-state index in [2.05, 4.69) is 5.32 Å². The summed E-state index contributed by atoms with van der Waals surface area (Å²) >= 11 is 6.08. The first-order chi connectivity index (χ1) is 8.41. The van der Waals surface area contributed by atoms with Crippen LogP contribution in [0.1, 0.15) is 38.8 Å². The predicted octanol–water partition coefficient (Wildman–Crippen LogP) is 2.89. The van der Waals surface area contributed by atoms with Crippen molar-refractivity contribution in [1.82, 2.24) is 5.32 Å². The molecular formula is C14H21ClN2O. The standard InChI is InChI=1S/C14H21ClN2O/c1-9(2)8-13(16)14(18)17-10(3)11-6-4-5-7-12(11)15/h4-7,9-10,13H,8,16H2,1-3H3,(H,17,18)/t10?,13-/m0/s1. The second-order valence-corrected chi connectivity index (χ2v) is 5.40. The molecule has 0 aliphatic heterocycles. The number of halogens is 1. The number of carbonyl (C=O) groups is 1. The molecule has 2 atom stereocenters. The van der Waals surface area contributed by atoms with Crippen molar-refractivity contribution in [3.63, 3.8) is 0 Å². The van der Waals surface area contributed by atoms with E-state index >= 15 is 0 Å². The van der Waals surface area contributed by atoms with Crippen molar-refractivity contribution < 1.29 is 4.79 Å². The summed E-state index contributed by atoms with van der Waals surface area (Å²) in [5.74, 6) is 0.275.